The minimum absolute atomic E-state index is 0.0424. The summed E-state index contributed by atoms with van der Waals surface area (Å²) in [4.78, 5) is 145. The molecule has 24 nitrogen and oxygen atoms in total. The van der Waals surface area contributed by atoms with E-state index < -0.39 is 145 Å². The first-order chi connectivity index (χ1) is 32.4. The predicted molar refractivity (Wildman–Crippen MR) is 257 cm³/mol. The highest BCUT2D eigenvalue weighted by Gasteiger charge is 2.40. The molecule has 0 bridgehead atoms. The Hall–Kier alpha value is -6.15. The molecule has 1 aliphatic rings. The summed E-state index contributed by atoms with van der Waals surface area (Å²) in [5, 5.41) is 27.2. The number of aromatic hydroxyl groups is 1. The van der Waals surface area contributed by atoms with Crippen LogP contribution in [0.15, 0.2) is 24.3 Å². The summed E-state index contributed by atoms with van der Waals surface area (Å²) in [6.45, 7) is 6.61. The molecule has 384 valence electrons. The lowest BCUT2D eigenvalue weighted by Crippen LogP contribution is -2.61. The smallest absolute Gasteiger partial charge is 0.246 e. The first-order valence-electron chi connectivity index (χ1n) is 22.4. The number of benzene rings is 1. The lowest BCUT2D eigenvalue weighted by Gasteiger charge is -2.30. The summed E-state index contributed by atoms with van der Waals surface area (Å²) in [7, 11) is 0. The van der Waals surface area contributed by atoms with Gasteiger partial charge in [-0.15, -0.1) is 0 Å². The molecule has 26 heteroatoms. The number of hydrogen-bond acceptors (Lipinski definition) is 15. The van der Waals surface area contributed by atoms with Gasteiger partial charge in [-0.1, -0.05) is 46.2 Å². The van der Waals surface area contributed by atoms with Gasteiger partial charge in [0.1, 0.15) is 48.0 Å². The molecule has 69 heavy (non-hydrogen) atoms. The molecule has 1 heterocycles. The number of likely N-dealkylation sites (tertiary alicyclic amines) is 1. The van der Waals surface area contributed by atoms with Crippen LogP contribution in [0.3, 0.4) is 0 Å². The van der Waals surface area contributed by atoms with E-state index in [-0.39, 0.29) is 49.0 Å². The second kappa shape index (κ2) is 29.0. The van der Waals surface area contributed by atoms with Crippen molar-refractivity contribution in [3.8, 4) is 5.75 Å². The molecule has 1 saturated heterocycles. The van der Waals surface area contributed by atoms with E-state index in [0.717, 1.165) is 0 Å². The normalized spacial score (nSPS) is 16.8. The van der Waals surface area contributed by atoms with Crippen LogP contribution in [0.25, 0.3) is 0 Å². The van der Waals surface area contributed by atoms with E-state index in [1.165, 1.54) is 29.2 Å². The highest BCUT2D eigenvalue weighted by Crippen LogP contribution is 2.20. The molecule has 0 saturated carbocycles. The Balaban J connectivity index is 2.34. The third-order valence-electron chi connectivity index (χ3n) is 11.1. The predicted octanol–water partition coefficient (Wildman–Crippen LogP) is -4.14. The number of nitrogens with one attached hydrogen (secondary N) is 7. The molecule has 11 amide bonds. The van der Waals surface area contributed by atoms with Gasteiger partial charge in [0, 0.05) is 30.9 Å². The quantitative estimate of drug-likeness (QED) is 0.0340. The average molecular weight is 1010 g/mol. The van der Waals surface area contributed by atoms with Crippen molar-refractivity contribution in [2.75, 3.05) is 24.6 Å². The number of primary amides is 3. The molecule has 1 fully saturated rings. The molecule has 0 aliphatic carbocycles. The molecule has 0 aromatic heterocycles. The van der Waals surface area contributed by atoms with Crippen LogP contribution >= 0.6 is 25.3 Å². The fourth-order valence-electron chi connectivity index (χ4n) is 7.12. The maximum absolute atomic E-state index is 14.0. The molecule has 2 rings (SSSR count). The second-order valence-corrected chi connectivity index (χ2v) is 17.9. The Kier molecular flexibility index (Phi) is 24.8. The van der Waals surface area contributed by atoms with Crippen molar-refractivity contribution in [3.05, 3.63) is 29.8 Å². The number of nitrogens with zero attached hydrogens (tertiary/aromatic N) is 1. The van der Waals surface area contributed by atoms with E-state index in [2.05, 4.69) is 62.5 Å². The van der Waals surface area contributed by atoms with Gasteiger partial charge in [-0.2, -0.15) is 25.3 Å². The van der Waals surface area contributed by atoms with E-state index >= 15 is 0 Å². The fourth-order valence-corrected chi connectivity index (χ4v) is 7.54. The number of hydrogen-bond donors (Lipinski definition) is 14. The number of nitrogens with two attached hydrogens (primary N) is 4. The van der Waals surface area contributed by atoms with Crippen molar-refractivity contribution in [1.29, 1.82) is 0 Å². The maximum Gasteiger partial charge on any atom is 0.246 e. The van der Waals surface area contributed by atoms with Crippen LogP contribution in [0.4, 0.5) is 0 Å². The van der Waals surface area contributed by atoms with Crippen LogP contribution in [-0.2, 0) is 59.2 Å². The maximum atomic E-state index is 14.0. The highest BCUT2D eigenvalue weighted by molar-refractivity contribution is 7.80. The molecule has 0 radical (unpaired) electrons. The van der Waals surface area contributed by atoms with Crippen molar-refractivity contribution >= 4 is 90.2 Å². The van der Waals surface area contributed by atoms with Crippen molar-refractivity contribution in [2.24, 2.45) is 34.8 Å². The van der Waals surface area contributed by atoms with Crippen molar-refractivity contribution in [3.63, 3.8) is 0 Å². The lowest BCUT2D eigenvalue weighted by molar-refractivity contribution is -0.142. The van der Waals surface area contributed by atoms with Crippen LogP contribution in [0.2, 0.25) is 0 Å². The summed E-state index contributed by atoms with van der Waals surface area (Å²) >= 11 is 8.28. The van der Waals surface area contributed by atoms with Gasteiger partial charge in [0.2, 0.25) is 65.0 Å². The number of rotatable bonds is 29. The van der Waals surface area contributed by atoms with Gasteiger partial charge in [0.25, 0.3) is 0 Å². The molecule has 9 atom stereocenters. The van der Waals surface area contributed by atoms with Crippen LogP contribution in [0.5, 0.6) is 5.75 Å². The average Bonchev–Trinajstić information content (AvgIpc) is 3.79. The van der Waals surface area contributed by atoms with E-state index in [9.17, 15) is 57.8 Å². The first kappa shape index (κ1) is 59.0. The van der Waals surface area contributed by atoms with Gasteiger partial charge >= 0.3 is 0 Å². The largest absolute Gasteiger partial charge is 0.508 e. The van der Waals surface area contributed by atoms with Gasteiger partial charge in [-0.05, 0) is 55.2 Å². The Morgan fingerprint density at radius 1 is 0.696 bits per heavy atom. The Morgan fingerprint density at radius 2 is 1.28 bits per heavy atom. The molecule has 1 aliphatic heterocycles. The third-order valence-corrected chi connectivity index (χ3v) is 11.9. The zero-order valence-corrected chi connectivity index (χ0v) is 40.9. The first-order valence-corrected chi connectivity index (χ1v) is 23.7. The summed E-state index contributed by atoms with van der Waals surface area (Å²) < 4.78 is 0. The van der Waals surface area contributed by atoms with Gasteiger partial charge in [0.15, 0.2) is 0 Å². The molecule has 16 N–H and O–H groups in total. The number of phenols is 1. The SMILES string of the molecule is CC[C@H](C)[C@H](NC(=O)[C@H](Cc1ccc(O)cc1)NC(=O)[C@@H](N)CS)C(=O)N[C@@H](CCC(N)=O)C(=O)N[C@H](CC(N)=O)C(=O)N[C@@H](CS)C(=O)N1CCC[C@H]1C(=O)N[C@@H](CC(C)C)C(=O)NCC(N)=O. The molecule has 1 aromatic carbocycles. The van der Waals surface area contributed by atoms with Crippen LogP contribution in [0, 0.1) is 11.8 Å². The van der Waals surface area contributed by atoms with E-state index in [1.807, 2.05) is 13.8 Å². The third kappa shape index (κ3) is 19.8. The van der Waals surface area contributed by atoms with E-state index in [0.29, 0.717) is 18.4 Å². The monoisotopic (exact) mass is 1010 g/mol. The van der Waals surface area contributed by atoms with E-state index in [1.54, 1.807) is 13.8 Å². The lowest BCUT2D eigenvalue weighted by atomic mass is 9.96. The van der Waals surface area contributed by atoms with Crippen LogP contribution in [0.1, 0.15) is 78.2 Å². The summed E-state index contributed by atoms with van der Waals surface area (Å²) in [5.74, 6) is -10.5. The Bertz CT molecular complexity index is 2010. The van der Waals surface area contributed by atoms with Gasteiger partial charge in [-0.3, -0.25) is 52.7 Å². The number of phenolic OH excluding ortho intramolecular Hbond substituents is 1. The highest BCUT2D eigenvalue weighted by atomic mass is 32.1. The number of amides is 11. The number of thiol groups is 2. The van der Waals surface area contributed by atoms with Crippen molar-refractivity contribution in [1.82, 2.24) is 42.1 Å². The Labute approximate surface area is 411 Å². The minimum Gasteiger partial charge on any atom is -0.508 e. The molecular formula is C43H68N12O12S2. The van der Waals surface area contributed by atoms with Crippen LogP contribution < -0.4 is 60.2 Å². The van der Waals surface area contributed by atoms with Gasteiger partial charge < -0.3 is 70.2 Å². The molecular weight excluding hydrogens is 941 g/mol. The minimum atomic E-state index is -1.76. The molecule has 1 aromatic rings. The van der Waals surface area contributed by atoms with Crippen molar-refractivity contribution in [2.45, 2.75) is 127 Å². The summed E-state index contributed by atoms with van der Waals surface area (Å²) in [6.07, 6.45) is -0.672. The Morgan fingerprint density at radius 3 is 1.83 bits per heavy atom. The van der Waals surface area contributed by atoms with Gasteiger partial charge in [-0.25, -0.2) is 0 Å². The zero-order chi connectivity index (χ0) is 52.1. The van der Waals surface area contributed by atoms with Crippen LogP contribution in [-0.4, -0.2) is 148 Å². The number of carbonyl (C=O) groups excluding carboxylic acids is 11. The fraction of sp³-hybridized carbons (Fsp3) is 0.605. The van der Waals surface area contributed by atoms with E-state index in [4.69, 9.17) is 22.9 Å². The number of carbonyl (C=O) groups is 11. The summed E-state index contributed by atoms with van der Waals surface area (Å²) in [6, 6.07) is -4.84. The molecule has 0 unspecified atom stereocenters. The zero-order valence-electron chi connectivity index (χ0n) is 39.2. The topological polar surface area (TPSA) is 400 Å². The molecule has 0 spiro atoms. The summed E-state index contributed by atoms with van der Waals surface area (Å²) in [5.41, 5.74) is 22.4. The van der Waals surface area contributed by atoms with Gasteiger partial charge in [0.05, 0.1) is 19.0 Å². The standard InChI is InChI=1S/C43H68N12O12S2/c1-5-22(4)35(54-40(64)28(50-36(60)25(44)19-68)16-23-8-10-24(56)11-9-23)42(66)49-26(12-13-32(45)57)38(62)51-29(17-33(46)58)39(63)53-30(20-69)43(67)55-14-6-7-31(55)41(65)52-27(15-21(2)3)37(61)48-18-34(47)59/h8-11,21-22,25-31,35,56,68-69H,5-7,12-20,44H2,1-4H3,(H2,45,57)(H2,46,58)(H2,47,59)(H,48,61)(H,49,66)(H,50,60)(H,51,62)(H,52,65)(H,53,63)(H,54,64)/t22-,25-,26-,27-,28-,29+,30-,31-,35-/m0/s1. The van der Waals surface area contributed by atoms with Crippen molar-refractivity contribution < 1.29 is 57.8 Å². The second-order valence-electron chi connectivity index (χ2n) is 17.2.